The third-order valence-corrected chi connectivity index (χ3v) is 6.20. The summed E-state index contributed by atoms with van der Waals surface area (Å²) in [4.78, 5) is 17.6. The number of carbonyl (C=O) groups excluding carboxylic acids is 1. The first-order valence-corrected chi connectivity index (χ1v) is 10.7. The van der Waals surface area contributed by atoms with Crippen LogP contribution in [0.1, 0.15) is 30.8 Å². The van der Waals surface area contributed by atoms with Gasteiger partial charge in [0, 0.05) is 24.7 Å². The summed E-state index contributed by atoms with van der Waals surface area (Å²) in [5, 5.41) is 17.7. The average molecular weight is 502 g/mol. The maximum atomic E-state index is 14.0. The molecule has 2 aromatic heterocycles. The number of carbonyl (C=O) groups is 1. The van der Waals surface area contributed by atoms with Gasteiger partial charge < -0.3 is 9.84 Å². The van der Waals surface area contributed by atoms with Crippen LogP contribution in [0.5, 0.6) is 0 Å². The number of hydrogen-bond donors (Lipinski definition) is 2. The van der Waals surface area contributed by atoms with E-state index in [-0.39, 0.29) is 35.4 Å². The molecule has 2 aromatic carbocycles. The van der Waals surface area contributed by atoms with Gasteiger partial charge in [0.1, 0.15) is 5.82 Å². The minimum Gasteiger partial charge on any atom is -0.467 e. The van der Waals surface area contributed by atoms with Gasteiger partial charge >= 0.3 is 12.1 Å². The lowest BCUT2D eigenvalue weighted by molar-refractivity contribution is -0.149. The topological polar surface area (TPSA) is 88.8 Å². The molecule has 36 heavy (non-hydrogen) atoms. The summed E-state index contributed by atoms with van der Waals surface area (Å²) in [6.07, 6.45) is -3.23. The molecule has 0 fully saturated rings. The van der Waals surface area contributed by atoms with Crippen molar-refractivity contribution in [3.8, 4) is 11.1 Å². The quantitative estimate of drug-likeness (QED) is 0.319. The van der Waals surface area contributed by atoms with Crippen LogP contribution in [0.3, 0.4) is 0 Å². The van der Waals surface area contributed by atoms with E-state index in [2.05, 4.69) is 15.4 Å². The van der Waals surface area contributed by atoms with E-state index in [4.69, 9.17) is 7.48 Å². The number of methoxy groups -OCH3 is 1. The maximum Gasteiger partial charge on any atom is 0.416 e. The third-order valence-electron chi connectivity index (χ3n) is 6.20. The van der Waals surface area contributed by atoms with Gasteiger partial charge in [0.2, 0.25) is 0 Å². The summed E-state index contributed by atoms with van der Waals surface area (Å²) in [6, 6.07) is 9.54. The minimum absolute atomic E-state index is 0.00680. The van der Waals surface area contributed by atoms with Crippen LogP contribution in [0.25, 0.3) is 16.8 Å². The average Bonchev–Trinajstić information content (AvgIpc) is 3.42. The van der Waals surface area contributed by atoms with Crippen LogP contribution in [-0.4, -0.2) is 32.8 Å². The molecule has 0 spiro atoms. The molecule has 0 saturated carbocycles. The van der Waals surface area contributed by atoms with Crippen molar-refractivity contribution in [2.45, 2.75) is 31.2 Å². The largest absolute Gasteiger partial charge is 0.467 e. The van der Waals surface area contributed by atoms with Gasteiger partial charge in [0.15, 0.2) is 11.2 Å². The van der Waals surface area contributed by atoms with Gasteiger partial charge in [-0.1, -0.05) is 24.3 Å². The van der Waals surface area contributed by atoms with E-state index < -0.39 is 41.3 Å². The number of benzene rings is 2. The van der Waals surface area contributed by atoms with Crippen LogP contribution in [0.2, 0.25) is 0 Å². The van der Waals surface area contributed by atoms with Crippen molar-refractivity contribution < 1.29 is 34.9 Å². The van der Waals surface area contributed by atoms with Crippen molar-refractivity contribution in [2.24, 2.45) is 0 Å². The predicted molar refractivity (Wildman–Crippen MR) is 120 cm³/mol. The molecular formula is C25H20F4N4O3. The van der Waals surface area contributed by atoms with Crippen molar-refractivity contribution in [1.82, 2.24) is 19.9 Å². The molecule has 1 aliphatic heterocycles. The van der Waals surface area contributed by atoms with Gasteiger partial charge in [0.05, 0.1) is 38.9 Å². The molecule has 1 aliphatic rings. The fourth-order valence-electron chi connectivity index (χ4n) is 4.62. The number of rotatable bonds is 5. The molecule has 11 heteroatoms. The van der Waals surface area contributed by atoms with E-state index in [1.165, 1.54) is 36.0 Å². The summed E-state index contributed by atoms with van der Waals surface area (Å²) in [6.45, 7) is -2.87. The van der Waals surface area contributed by atoms with Crippen molar-refractivity contribution in [3.05, 3.63) is 88.6 Å². The number of aromatic nitrogens is 3. The van der Waals surface area contributed by atoms with E-state index in [1.807, 2.05) is 0 Å². The van der Waals surface area contributed by atoms with Gasteiger partial charge in [-0.3, -0.25) is 5.32 Å². The predicted octanol–water partition coefficient (Wildman–Crippen LogP) is 3.76. The Morgan fingerprint density at radius 3 is 2.67 bits per heavy atom. The Labute approximate surface area is 205 Å². The Kier molecular flexibility index (Phi) is 5.17. The van der Waals surface area contributed by atoms with E-state index >= 15 is 0 Å². The first-order valence-electron chi connectivity index (χ1n) is 11.7. The Balaban J connectivity index is 1.77. The molecule has 0 bridgehead atoms. The van der Waals surface area contributed by atoms with Crippen LogP contribution >= 0.6 is 0 Å². The van der Waals surface area contributed by atoms with Gasteiger partial charge in [-0.05, 0) is 35.4 Å². The van der Waals surface area contributed by atoms with Crippen LogP contribution in [-0.2, 0) is 40.8 Å². The summed E-state index contributed by atoms with van der Waals surface area (Å²) in [5.74, 6) is -1.24. The first kappa shape index (κ1) is 21.5. The number of fused-ring (bicyclic) bond motifs is 3. The number of alkyl halides is 3. The van der Waals surface area contributed by atoms with Gasteiger partial charge in [-0.15, -0.1) is 0 Å². The van der Waals surface area contributed by atoms with Crippen molar-refractivity contribution in [3.63, 3.8) is 0 Å². The molecule has 0 unspecified atom stereocenters. The number of ether oxygens (including phenoxy) is 1. The minimum atomic E-state index is -4.59. The van der Waals surface area contributed by atoms with Crippen LogP contribution < -0.4 is 5.32 Å². The summed E-state index contributed by atoms with van der Waals surface area (Å²) >= 11 is 0. The zero-order valence-corrected chi connectivity index (χ0v) is 18.7. The highest BCUT2D eigenvalue weighted by atomic mass is 19.4. The molecule has 0 aliphatic carbocycles. The zero-order valence-electron chi connectivity index (χ0n) is 20.7. The highest BCUT2D eigenvalue weighted by molar-refractivity contribution is 5.86. The fraction of sp³-hybridized carbons (Fsp3) is 0.240. The summed E-state index contributed by atoms with van der Waals surface area (Å²) in [7, 11) is 1.18. The SMILES string of the molecule is [2H]C([2H])(O)c1nn2c3c(cnc2c1-c1ccc(C(F)(F)F)cc1)CN[C@]3(Cc1cccc(F)c1)C(=O)OC. The van der Waals surface area contributed by atoms with Crippen molar-refractivity contribution in [2.75, 3.05) is 7.11 Å². The molecule has 4 aromatic rings. The molecule has 2 N–H and O–H groups in total. The lowest BCUT2D eigenvalue weighted by Gasteiger charge is -2.28. The number of hydrogen-bond acceptors (Lipinski definition) is 6. The number of nitrogens with zero attached hydrogens (tertiary/aromatic N) is 3. The first-order chi connectivity index (χ1) is 17.8. The lowest BCUT2D eigenvalue weighted by Crippen LogP contribution is -2.48. The molecule has 7 nitrogen and oxygen atoms in total. The zero-order chi connectivity index (χ0) is 27.5. The molecule has 0 radical (unpaired) electrons. The fourth-order valence-corrected chi connectivity index (χ4v) is 4.62. The normalized spacial score (nSPS) is 18.6. The Morgan fingerprint density at radius 1 is 1.28 bits per heavy atom. The van der Waals surface area contributed by atoms with Crippen LogP contribution in [0.4, 0.5) is 17.6 Å². The van der Waals surface area contributed by atoms with Crippen molar-refractivity contribution in [1.29, 1.82) is 0 Å². The molecule has 0 amide bonds. The monoisotopic (exact) mass is 502 g/mol. The Morgan fingerprint density at radius 2 is 2.03 bits per heavy atom. The Bertz CT molecular complexity index is 1550. The highest BCUT2D eigenvalue weighted by Crippen LogP contribution is 2.39. The van der Waals surface area contributed by atoms with E-state index in [9.17, 15) is 27.5 Å². The lowest BCUT2D eigenvalue weighted by atomic mass is 9.88. The molecule has 1 atom stereocenters. The van der Waals surface area contributed by atoms with Gasteiger partial charge in [-0.2, -0.15) is 18.3 Å². The molecule has 186 valence electrons. The number of esters is 1. The van der Waals surface area contributed by atoms with E-state index in [0.717, 1.165) is 24.3 Å². The number of aliphatic hydroxyl groups is 1. The summed E-state index contributed by atoms with van der Waals surface area (Å²) < 4.78 is 75.5. The molecule has 5 rings (SSSR count). The molecule has 3 heterocycles. The van der Waals surface area contributed by atoms with Gasteiger partial charge in [0.25, 0.3) is 0 Å². The third kappa shape index (κ3) is 3.80. The van der Waals surface area contributed by atoms with Crippen LogP contribution in [0.15, 0.2) is 54.7 Å². The second kappa shape index (κ2) is 8.68. The van der Waals surface area contributed by atoms with Gasteiger partial charge in [-0.25, -0.2) is 18.7 Å². The molecular weight excluding hydrogens is 480 g/mol. The second-order valence-electron chi connectivity index (χ2n) is 8.34. The second-order valence-corrected chi connectivity index (χ2v) is 8.34. The van der Waals surface area contributed by atoms with Crippen LogP contribution in [0, 0.1) is 5.82 Å². The smallest absolute Gasteiger partial charge is 0.416 e. The highest BCUT2D eigenvalue weighted by Gasteiger charge is 2.49. The standard InChI is InChI=1S/C25H20F4N4O3/c1-36-23(35)24(10-14-3-2-4-18(26)9-14)21-16(12-31-24)11-30-22-20(19(13-34)32-33(21)22)15-5-7-17(8-6-15)25(27,28)29/h2-9,11,31,34H,10,12-13H2,1H3/t24-/m0/s1/i13D2. The van der Waals surface area contributed by atoms with Crippen molar-refractivity contribution >= 4 is 11.6 Å². The van der Waals surface area contributed by atoms with E-state index in [0.29, 0.717) is 11.1 Å². The van der Waals surface area contributed by atoms with E-state index in [1.54, 1.807) is 6.07 Å². The molecule has 0 saturated heterocycles. The Hall–Kier alpha value is -3.83. The number of nitrogens with one attached hydrogen (secondary N) is 1. The number of halogens is 4. The maximum absolute atomic E-state index is 14.0. The summed E-state index contributed by atoms with van der Waals surface area (Å²) in [5.41, 5.74) is -1.77.